The predicted molar refractivity (Wildman–Crippen MR) is 147 cm³/mol. The zero-order valence-electron chi connectivity index (χ0n) is 21.8. The molecule has 2 aliphatic rings. The molecule has 5 rings (SSSR count). The van der Waals surface area contributed by atoms with Crippen molar-refractivity contribution in [3.05, 3.63) is 111 Å². The number of aliphatic hydroxyl groups excluding tert-OH is 1. The van der Waals surface area contributed by atoms with Crippen molar-refractivity contribution in [3.8, 4) is 0 Å². The van der Waals surface area contributed by atoms with E-state index in [1.165, 1.54) is 0 Å². The Bertz CT molecular complexity index is 1420. The zero-order chi connectivity index (χ0) is 28.1. The van der Waals surface area contributed by atoms with Gasteiger partial charge in [-0.25, -0.2) is 9.69 Å². The van der Waals surface area contributed by atoms with Crippen molar-refractivity contribution in [1.82, 2.24) is 0 Å². The molecule has 3 aromatic carbocycles. The summed E-state index contributed by atoms with van der Waals surface area (Å²) in [5.41, 5.74) is -0.957. The largest absolute Gasteiger partial charge is 0.443 e. The van der Waals surface area contributed by atoms with E-state index in [1.54, 1.807) is 93.6 Å². The molecule has 1 saturated carbocycles. The molecule has 8 nitrogen and oxygen atoms in total. The van der Waals surface area contributed by atoms with E-state index in [0.717, 1.165) is 4.90 Å². The van der Waals surface area contributed by atoms with Gasteiger partial charge in [0.05, 0.1) is 23.6 Å². The fourth-order valence-electron chi connectivity index (χ4n) is 6.25. The first-order chi connectivity index (χ1) is 18.5. The van der Waals surface area contributed by atoms with Crippen LogP contribution in [-0.4, -0.2) is 39.8 Å². The Hall–Kier alpha value is -3.75. The first-order valence-corrected chi connectivity index (χ1v) is 13.1. The molecule has 2 amide bonds. The number of hydrogen-bond acceptors (Lipinski definition) is 6. The standard InChI is InChI=1S/C30H29ClN2O6/c1-29(2,3)39-28(36)32-23-12-8-7-11-22(23)30(27(32)35)24(34)17-21(18-9-5-4-6-10-18)26(33(37)38)25(30)19-13-15-20(31)16-14-19/h4-16,21,24-26,34H,17H2,1-3H3/t21-,24+,25-,26+,30+/m0/s1. The van der Waals surface area contributed by atoms with Gasteiger partial charge in [0, 0.05) is 9.95 Å². The van der Waals surface area contributed by atoms with Crippen LogP contribution >= 0.6 is 11.6 Å². The number of para-hydroxylation sites is 1. The maximum absolute atomic E-state index is 14.6. The number of amides is 2. The number of aliphatic hydroxyl groups is 1. The number of fused-ring (bicyclic) bond motifs is 2. The van der Waals surface area contributed by atoms with E-state index in [4.69, 9.17) is 16.3 Å². The smallest absolute Gasteiger partial charge is 0.421 e. The van der Waals surface area contributed by atoms with Gasteiger partial charge in [0.1, 0.15) is 11.0 Å². The highest BCUT2D eigenvalue weighted by atomic mass is 35.5. The van der Waals surface area contributed by atoms with Crippen LogP contribution < -0.4 is 4.90 Å². The molecule has 0 saturated heterocycles. The van der Waals surface area contributed by atoms with E-state index >= 15 is 0 Å². The Balaban J connectivity index is 1.78. The van der Waals surface area contributed by atoms with Crippen LogP contribution in [0, 0.1) is 10.1 Å². The van der Waals surface area contributed by atoms with Crippen molar-refractivity contribution in [2.45, 2.75) is 62.2 Å². The summed E-state index contributed by atoms with van der Waals surface area (Å²) in [6, 6.07) is 20.8. The number of nitro groups is 1. The SMILES string of the molecule is CC(C)(C)OC(=O)N1C(=O)[C@]2(c3ccccc31)[C@H](O)C[C@@H](c1ccccc1)[C@@H]([N+](=O)[O-])[C@@H]2c1ccc(Cl)cc1. The number of hydrogen-bond donors (Lipinski definition) is 1. The third-order valence-electron chi connectivity index (χ3n) is 7.67. The van der Waals surface area contributed by atoms with Crippen LogP contribution in [0.2, 0.25) is 5.02 Å². The van der Waals surface area contributed by atoms with Gasteiger partial charge in [-0.15, -0.1) is 0 Å². The molecule has 1 fully saturated rings. The topological polar surface area (TPSA) is 110 Å². The summed E-state index contributed by atoms with van der Waals surface area (Å²) in [5, 5.41) is 25.3. The van der Waals surface area contributed by atoms with Gasteiger partial charge in [0.15, 0.2) is 0 Å². The molecule has 1 aliphatic carbocycles. The lowest BCUT2D eigenvalue weighted by Gasteiger charge is -2.47. The van der Waals surface area contributed by atoms with E-state index in [9.17, 15) is 24.8 Å². The van der Waals surface area contributed by atoms with Crippen molar-refractivity contribution in [2.24, 2.45) is 0 Å². The fraction of sp³-hybridized carbons (Fsp3) is 0.333. The Morgan fingerprint density at radius 1 is 1.03 bits per heavy atom. The van der Waals surface area contributed by atoms with Gasteiger partial charge in [-0.2, -0.15) is 0 Å². The maximum Gasteiger partial charge on any atom is 0.421 e. The number of halogens is 1. The molecule has 39 heavy (non-hydrogen) atoms. The van der Waals surface area contributed by atoms with Crippen molar-refractivity contribution >= 4 is 29.3 Å². The summed E-state index contributed by atoms with van der Waals surface area (Å²) in [4.78, 5) is 41.5. The maximum atomic E-state index is 14.6. The summed E-state index contributed by atoms with van der Waals surface area (Å²) in [6.07, 6.45) is -2.30. The van der Waals surface area contributed by atoms with Crippen LogP contribution in [0.5, 0.6) is 0 Å². The minimum absolute atomic E-state index is 0.0536. The normalized spacial score (nSPS) is 26.4. The van der Waals surface area contributed by atoms with Gasteiger partial charge < -0.3 is 9.84 Å². The Morgan fingerprint density at radius 3 is 2.26 bits per heavy atom. The van der Waals surface area contributed by atoms with Crippen LogP contribution in [0.1, 0.15) is 55.7 Å². The predicted octanol–water partition coefficient (Wildman–Crippen LogP) is 5.84. The van der Waals surface area contributed by atoms with Gasteiger partial charge in [0.25, 0.3) is 5.91 Å². The lowest BCUT2D eigenvalue weighted by atomic mass is 9.54. The monoisotopic (exact) mass is 548 g/mol. The van der Waals surface area contributed by atoms with Gasteiger partial charge in [-0.05, 0) is 62.1 Å². The summed E-state index contributed by atoms with van der Waals surface area (Å²) < 4.78 is 5.57. The molecule has 1 spiro atoms. The molecule has 5 atom stereocenters. The Labute approximate surface area is 231 Å². The lowest BCUT2D eigenvalue weighted by molar-refractivity contribution is -0.537. The fourth-order valence-corrected chi connectivity index (χ4v) is 6.37. The molecular weight excluding hydrogens is 520 g/mol. The molecule has 9 heteroatoms. The number of carbonyl (C=O) groups is 2. The summed E-state index contributed by atoms with van der Waals surface area (Å²) in [5.74, 6) is -2.57. The Morgan fingerprint density at radius 2 is 1.64 bits per heavy atom. The Kier molecular flexibility index (Phi) is 6.73. The second-order valence-corrected chi connectivity index (χ2v) is 11.5. The van der Waals surface area contributed by atoms with Crippen LogP contribution in [0.3, 0.4) is 0 Å². The second kappa shape index (κ2) is 9.77. The molecule has 0 radical (unpaired) electrons. The van der Waals surface area contributed by atoms with Crippen molar-refractivity contribution in [2.75, 3.05) is 4.90 Å². The average molecular weight is 549 g/mol. The third-order valence-corrected chi connectivity index (χ3v) is 7.92. The molecule has 1 aliphatic heterocycles. The highest BCUT2D eigenvalue weighted by Gasteiger charge is 2.69. The second-order valence-electron chi connectivity index (χ2n) is 11.1. The van der Waals surface area contributed by atoms with Crippen LogP contribution in [-0.2, 0) is 14.9 Å². The van der Waals surface area contributed by atoms with E-state index in [1.807, 2.05) is 6.07 Å². The van der Waals surface area contributed by atoms with Gasteiger partial charge in [-0.3, -0.25) is 14.9 Å². The van der Waals surface area contributed by atoms with E-state index in [2.05, 4.69) is 0 Å². The molecule has 3 aromatic rings. The number of rotatable bonds is 3. The zero-order valence-corrected chi connectivity index (χ0v) is 22.5. The van der Waals surface area contributed by atoms with Crippen LogP contribution in [0.4, 0.5) is 10.5 Å². The number of anilines is 1. The van der Waals surface area contributed by atoms with Crippen molar-refractivity contribution in [3.63, 3.8) is 0 Å². The highest BCUT2D eigenvalue weighted by Crippen LogP contribution is 2.60. The molecule has 0 unspecified atom stereocenters. The lowest BCUT2D eigenvalue weighted by Crippen LogP contribution is -2.62. The summed E-state index contributed by atoms with van der Waals surface area (Å²) in [7, 11) is 0. The molecule has 0 bridgehead atoms. The summed E-state index contributed by atoms with van der Waals surface area (Å²) in [6.45, 7) is 5.06. The average Bonchev–Trinajstić information content (AvgIpc) is 3.14. The van der Waals surface area contributed by atoms with Gasteiger partial charge in [-0.1, -0.05) is 72.3 Å². The number of ether oxygens (including phenoxy) is 1. The molecular formula is C30H29ClN2O6. The van der Waals surface area contributed by atoms with Crippen LogP contribution in [0.15, 0.2) is 78.9 Å². The molecule has 0 aromatic heterocycles. The molecule has 1 heterocycles. The number of benzene rings is 3. The van der Waals surface area contributed by atoms with Gasteiger partial charge in [0.2, 0.25) is 6.04 Å². The molecule has 1 N–H and O–H groups in total. The number of imide groups is 1. The number of carbonyl (C=O) groups excluding carboxylic acids is 2. The summed E-state index contributed by atoms with van der Waals surface area (Å²) >= 11 is 6.17. The van der Waals surface area contributed by atoms with E-state index in [0.29, 0.717) is 21.7 Å². The molecule has 202 valence electrons. The first kappa shape index (κ1) is 26.8. The minimum atomic E-state index is -1.82. The van der Waals surface area contributed by atoms with Crippen molar-refractivity contribution < 1.29 is 24.4 Å². The highest BCUT2D eigenvalue weighted by molar-refractivity contribution is 6.30. The van der Waals surface area contributed by atoms with Crippen molar-refractivity contribution in [1.29, 1.82) is 0 Å². The third kappa shape index (κ3) is 4.37. The van der Waals surface area contributed by atoms with Gasteiger partial charge >= 0.3 is 6.09 Å². The van der Waals surface area contributed by atoms with E-state index in [-0.39, 0.29) is 17.0 Å². The minimum Gasteiger partial charge on any atom is -0.443 e. The first-order valence-electron chi connectivity index (χ1n) is 12.8. The van der Waals surface area contributed by atoms with Crippen LogP contribution in [0.25, 0.3) is 0 Å². The quantitative estimate of drug-likeness (QED) is 0.325. The van der Waals surface area contributed by atoms with E-state index < -0.39 is 47.0 Å². The number of nitrogens with zero attached hydrogens (tertiary/aromatic N) is 2.